The summed E-state index contributed by atoms with van der Waals surface area (Å²) >= 11 is 0. The van der Waals surface area contributed by atoms with Crippen molar-refractivity contribution < 1.29 is 14.3 Å². The first-order chi connectivity index (χ1) is 8.69. The molecule has 0 aliphatic carbocycles. The number of esters is 1. The Bertz CT molecular complexity index is 332. The molecule has 0 aromatic carbocycles. The maximum absolute atomic E-state index is 11.9. The van der Waals surface area contributed by atoms with Crippen molar-refractivity contribution in [2.24, 2.45) is 5.92 Å². The molecule has 0 aromatic heterocycles. The minimum atomic E-state index is -0.208. The average Bonchev–Trinajstić information content (AvgIpc) is 2.42. The molecule has 1 fully saturated rings. The second-order valence-electron chi connectivity index (χ2n) is 4.61. The Hall–Kier alpha value is -1.50. The molecule has 4 heteroatoms. The number of carbonyl (C=O) groups is 2. The number of carbonyl (C=O) groups excluding carboxylic acids is 2. The Kier molecular flexibility index (Phi) is 6.27. The molecule has 1 aliphatic heterocycles. The number of ether oxygens (including phenoxy) is 1. The zero-order chi connectivity index (χ0) is 13.4. The first-order valence-corrected chi connectivity index (χ1v) is 6.48. The smallest absolute Gasteiger partial charge is 0.310 e. The molecule has 1 aliphatic rings. The number of hydrogen-bond donors (Lipinski definition) is 0. The molecule has 0 saturated carbocycles. The van der Waals surface area contributed by atoms with Crippen LogP contribution in [-0.4, -0.2) is 37.0 Å². The number of likely N-dealkylation sites (tertiary alicyclic amines) is 1. The molecule has 1 atom stereocenters. The lowest BCUT2D eigenvalue weighted by Gasteiger charge is -2.31. The fourth-order valence-corrected chi connectivity index (χ4v) is 2.22. The first kappa shape index (κ1) is 14.6. The van der Waals surface area contributed by atoms with E-state index in [1.165, 1.54) is 7.11 Å². The molecule has 0 aromatic rings. The number of unbranched alkanes of at least 4 members (excludes halogenated alkanes) is 2. The van der Waals surface area contributed by atoms with Gasteiger partial charge in [0.1, 0.15) is 0 Å². The zero-order valence-electron chi connectivity index (χ0n) is 11.0. The third-order valence-electron chi connectivity index (χ3n) is 3.27. The van der Waals surface area contributed by atoms with E-state index in [0.717, 1.165) is 38.6 Å². The van der Waals surface area contributed by atoms with Gasteiger partial charge in [-0.2, -0.15) is 0 Å². The van der Waals surface area contributed by atoms with Gasteiger partial charge in [0.15, 0.2) is 0 Å². The normalized spacial score (nSPS) is 19.1. The minimum absolute atomic E-state index is 0.126. The van der Waals surface area contributed by atoms with Crippen LogP contribution in [0, 0.1) is 18.3 Å². The monoisotopic (exact) mass is 251 g/mol. The molecule has 4 nitrogen and oxygen atoms in total. The lowest BCUT2D eigenvalue weighted by atomic mass is 9.98. The van der Waals surface area contributed by atoms with Gasteiger partial charge in [0, 0.05) is 25.9 Å². The molecular weight excluding hydrogens is 230 g/mol. The molecule has 0 N–H and O–H groups in total. The largest absolute Gasteiger partial charge is 0.469 e. The van der Waals surface area contributed by atoms with Crippen LogP contribution >= 0.6 is 0 Å². The Balaban J connectivity index is 2.34. The highest BCUT2D eigenvalue weighted by molar-refractivity contribution is 5.78. The van der Waals surface area contributed by atoms with Crippen molar-refractivity contribution in [2.45, 2.75) is 38.5 Å². The van der Waals surface area contributed by atoms with E-state index in [9.17, 15) is 9.59 Å². The highest BCUT2D eigenvalue weighted by Gasteiger charge is 2.28. The standard InChI is InChI=1S/C14H21NO3/c1-3-4-5-6-9-13(16)15-10-7-8-12(11-15)14(17)18-2/h1,12H,4-11H2,2H3/t12-/m0/s1. The van der Waals surface area contributed by atoms with Gasteiger partial charge in [-0.1, -0.05) is 0 Å². The average molecular weight is 251 g/mol. The van der Waals surface area contributed by atoms with Crippen molar-refractivity contribution in [3.8, 4) is 12.3 Å². The van der Waals surface area contributed by atoms with Gasteiger partial charge in [0.2, 0.25) is 5.91 Å². The lowest BCUT2D eigenvalue weighted by molar-refractivity contribution is -0.149. The Morgan fingerprint density at radius 2 is 2.22 bits per heavy atom. The number of methoxy groups -OCH3 is 1. The van der Waals surface area contributed by atoms with Crippen molar-refractivity contribution in [1.82, 2.24) is 4.90 Å². The van der Waals surface area contributed by atoms with E-state index in [0.29, 0.717) is 13.0 Å². The summed E-state index contributed by atoms with van der Waals surface area (Å²) in [5, 5.41) is 0. The zero-order valence-corrected chi connectivity index (χ0v) is 11.0. The van der Waals surface area contributed by atoms with Crippen LogP contribution in [0.15, 0.2) is 0 Å². The van der Waals surface area contributed by atoms with Gasteiger partial charge in [-0.05, 0) is 25.7 Å². The van der Waals surface area contributed by atoms with Gasteiger partial charge in [0.05, 0.1) is 13.0 Å². The van der Waals surface area contributed by atoms with E-state index in [1.807, 2.05) is 0 Å². The third-order valence-corrected chi connectivity index (χ3v) is 3.27. The van der Waals surface area contributed by atoms with Crippen molar-refractivity contribution in [1.29, 1.82) is 0 Å². The topological polar surface area (TPSA) is 46.6 Å². The first-order valence-electron chi connectivity index (χ1n) is 6.48. The number of rotatable bonds is 5. The van der Waals surface area contributed by atoms with Crippen molar-refractivity contribution >= 4 is 11.9 Å². The summed E-state index contributed by atoms with van der Waals surface area (Å²) in [6.07, 6.45) is 9.79. The summed E-state index contributed by atoms with van der Waals surface area (Å²) in [5.41, 5.74) is 0. The Morgan fingerprint density at radius 1 is 1.44 bits per heavy atom. The van der Waals surface area contributed by atoms with Crippen LogP contribution in [0.4, 0.5) is 0 Å². The third kappa shape index (κ3) is 4.40. The highest BCUT2D eigenvalue weighted by Crippen LogP contribution is 2.18. The predicted octanol–water partition coefficient (Wildman–Crippen LogP) is 1.59. The molecule has 0 spiro atoms. The maximum Gasteiger partial charge on any atom is 0.310 e. The van der Waals surface area contributed by atoms with E-state index in [-0.39, 0.29) is 17.8 Å². The summed E-state index contributed by atoms with van der Waals surface area (Å²) in [5.74, 6) is 2.33. The van der Waals surface area contributed by atoms with Crippen molar-refractivity contribution in [3.05, 3.63) is 0 Å². The van der Waals surface area contributed by atoms with Gasteiger partial charge in [-0.15, -0.1) is 12.3 Å². The van der Waals surface area contributed by atoms with Crippen molar-refractivity contribution in [2.75, 3.05) is 20.2 Å². The number of terminal acetylenes is 1. The van der Waals surface area contributed by atoms with Gasteiger partial charge < -0.3 is 9.64 Å². The van der Waals surface area contributed by atoms with Gasteiger partial charge >= 0.3 is 5.97 Å². The van der Waals surface area contributed by atoms with Gasteiger partial charge in [-0.3, -0.25) is 9.59 Å². The molecule has 0 radical (unpaired) electrons. The summed E-state index contributed by atoms with van der Waals surface area (Å²) in [6, 6.07) is 0. The molecular formula is C14H21NO3. The molecule has 1 heterocycles. The fraction of sp³-hybridized carbons (Fsp3) is 0.714. The van der Waals surface area contributed by atoms with Crippen LogP contribution in [0.5, 0.6) is 0 Å². The van der Waals surface area contributed by atoms with Crippen LogP contribution in [0.1, 0.15) is 38.5 Å². The quantitative estimate of drug-likeness (QED) is 0.423. The number of nitrogens with zero attached hydrogens (tertiary/aromatic N) is 1. The molecule has 0 bridgehead atoms. The molecule has 100 valence electrons. The predicted molar refractivity (Wildman–Crippen MR) is 68.6 cm³/mol. The van der Waals surface area contributed by atoms with Crippen LogP contribution in [-0.2, 0) is 14.3 Å². The van der Waals surface area contributed by atoms with Crippen molar-refractivity contribution in [3.63, 3.8) is 0 Å². The van der Waals surface area contributed by atoms with Gasteiger partial charge in [0.25, 0.3) is 0 Å². The Morgan fingerprint density at radius 3 is 2.89 bits per heavy atom. The number of hydrogen-bond acceptors (Lipinski definition) is 3. The van der Waals surface area contributed by atoms with Gasteiger partial charge in [-0.25, -0.2) is 0 Å². The lowest BCUT2D eigenvalue weighted by Crippen LogP contribution is -2.42. The summed E-state index contributed by atoms with van der Waals surface area (Å²) in [4.78, 5) is 25.2. The summed E-state index contributed by atoms with van der Waals surface area (Å²) in [6.45, 7) is 1.25. The second kappa shape index (κ2) is 7.75. The Labute approximate surface area is 109 Å². The summed E-state index contributed by atoms with van der Waals surface area (Å²) in [7, 11) is 1.39. The molecule has 1 amide bonds. The van der Waals surface area contributed by atoms with Crippen LogP contribution in [0.25, 0.3) is 0 Å². The maximum atomic E-state index is 11.9. The minimum Gasteiger partial charge on any atom is -0.469 e. The SMILES string of the molecule is C#CCCCCC(=O)N1CCC[C@H](C(=O)OC)C1. The second-order valence-corrected chi connectivity index (χ2v) is 4.61. The van der Waals surface area contributed by atoms with Crippen LogP contribution < -0.4 is 0 Å². The number of amides is 1. The van der Waals surface area contributed by atoms with E-state index in [2.05, 4.69) is 5.92 Å². The van der Waals surface area contributed by atoms with Crippen LogP contribution in [0.3, 0.4) is 0 Å². The molecule has 1 saturated heterocycles. The number of piperidine rings is 1. The fourth-order valence-electron chi connectivity index (χ4n) is 2.22. The molecule has 18 heavy (non-hydrogen) atoms. The van der Waals surface area contributed by atoms with E-state index >= 15 is 0 Å². The van der Waals surface area contributed by atoms with E-state index in [4.69, 9.17) is 11.2 Å². The molecule has 1 rings (SSSR count). The van der Waals surface area contributed by atoms with Crippen LogP contribution in [0.2, 0.25) is 0 Å². The highest BCUT2D eigenvalue weighted by atomic mass is 16.5. The van der Waals surface area contributed by atoms with E-state index in [1.54, 1.807) is 4.90 Å². The molecule has 0 unspecified atom stereocenters. The van der Waals surface area contributed by atoms with E-state index < -0.39 is 0 Å². The summed E-state index contributed by atoms with van der Waals surface area (Å²) < 4.78 is 4.73.